The molecule has 0 saturated carbocycles. The van der Waals surface area contributed by atoms with Crippen molar-refractivity contribution in [2.75, 3.05) is 14.2 Å². The van der Waals surface area contributed by atoms with E-state index in [0.717, 1.165) is 11.1 Å². The molecule has 1 aliphatic rings. The summed E-state index contributed by atoms with van der Waals surface area (Å²) in [5.74, 6) is -1.09. The lowest BCUT2D eigenvalue weighted by atomic mass is 9.84. The molecule has 0 aromatic heterocycles. The van der Waals surface area contributed by atoms with Crippen LogP contribution < -0.4 is 0 Å². The molecule has 4 nitrogen and oxygen atoms in total. The van der Waals surface area contributed by atoms with E-state index in [1.807, 2.05) is 48.6 Å². The first kappa shape index (κ1) is 15.0. The van der Waals surface area contributed by atoms with E-state index in [1.54, 1.807) is 0 Å². The molecule has 0 radical (unpaired) electrons. The minimum Gasteiger partial charge on any atom is -0.468 e. The summed E-state index contributed by atoms with van der Waals surface area (Å²) in [6.45, 7) is 0. The molecule has 0 heterocycles. The molecule has 0 unspecified atom stereocenters. The summed E-state index contributed by atoms with van der Waals surface area (Å²) in [4.78, 5) is 24.0. The lowest BCUT2D eigenvalue weighted by molar-refractivity contribution is -0.168. The van der Waals surface area contributed by atoms with Gasteiger partial charge in [-0.05, 0) is 18.4 Å². The van der Waals surface area contributed by atoms with E-state index in [4.69, 9.17) is 9.47 Å². The van der Waals surface area contributed by atoms with Gasteiger partial charge in [-0.25, -0.2) is 0 Å². The molecule has 0 aliphatic heterocycles. The molecule has 0 fully saturated rings. The van der Waals surface area contributed by atoms with Crippen molar-refractivity contribution in [2.24, 2.45) is 5.41 Å². The Morgan fingerprint density at radius 3 is 2.24 bits per heavy atom. The number of carbonyl (C=O) groups is 2. The molecule has 1 aliphatic carbocycles. The monoisotopic (exact) mass is 286 g/mol. The van der Waals surface area contributed by atoms with Gasteiger partial charge in [0.05, 0.1) is 14.2 Å². The zero-order valence-electron chi connectivity index (χ0n) is 12.2. The number of allylic oxidation sites excluding steroid dienone is 3. The fraction of sp³-hybridized carbons (Fsp3) is 0.294. The summed E-state index contributed by atoms with van der Waals surface area (Å²) in [5.41, 5.74) is 0.751. The van der Waals surface area contributed by atoms with Crippen LogP contribution in [-0.4, -0.2) is 26.2 Å². The number of carbonyl (C=O) groups excluding carboxylic acids is 2. The van der Waals surface area contributed by atoms with Crippen LogP contribution in [0.3, 0.4) is 0 Å². The van der Waals surface area contributed by atoms with Crippen molar-refractivity contribution in [3.63, 3.8) is 0 Å². The van der Waals surface area contributed by atoms with Crippen LogP contribution in [0.5, 0.6) is 0 Å². The third-order valence-electron chi connectivity index (χ3n) is 3.66. The van der Waals surface area contributed by atoms with Gasteiger partial charge in [0.1, 0.15) is 0 Å². The predicted molar refractivity (Wildman–Crippen MR) is 79.3 cm³/mol. The van der Waals surface area contributed by atoms with Crippen LogP contribution in [0.25, 0.3) is 6.08 Å². The van der Waals surface area contributed by atoms with E-state index >= 15 is 0 Å². The Balaban J connectivity index is 2.14. The molecule has 0 amide bonds. The number of benzene rings is 1. The summed E-state index contributed by atoms with van der Waals surface area (Å²) in [6, 6.07) is 9.83. The largest absolute Gasteiger partial charge is 0.468 e. The first-order valence-electron chi connectivity index (χ1n) is 6.71. The van der Waals surface area contributed by atoms with Crippen LogP contribution in [0.15, 0.2) is 48.1 Å². The number of esters is 2. The molecule has 0 atom stereocenters. The third kappa shape index (κ3) is 3.05. The zero-order valence-corrected chi connectivity index (χ0v) is 12.2. The highest BCUT2D eigenvalue weighted by atomic mass is 16.5. The highest BCUT2D eigenvalue weighted by Gasteiger charge is 2.50. The Kier molecular flexibility index (Phi) is 4.58. The fourth-order valence-corrected chi connectivity index (χ4v) is 2.48. The number of rotatable bonds is 4. The normalized spacial score (nSPS) is 16.6. The fourth-order valence-electron chi connectivity index (χ4n) is 2.48. The van der Waals surface area contributed by atoms with Gasteiger partial charge in [0.25, 0.3) is 0 Å². The molecule has 0 saturated heterocycles. The number of hydrogen-bond acceptors (Lipinski definition) is 4. The predicted octanol–water partition coefficient (Wildman–Crippen LogP) is 2.75. The van der Waals surface area contributed by atoms with Crippen molar-refractivity contribution in [2.45, 2.75) is 12.8 Å². The highest BCUT2D eigenvalue weighted by Crippen LogP contribution is 2.40. The van der Waals surface area contributed by atoms with Crippen molar-refractivity contribution < 1.29 is 19.1 Å². The first-order valence-corrected chi connectivity index (χ1v) is 6.71. The quantitative estimate of drug-likeness (QED) is 0.631. The van der Waals surface area contributed by atoms with Crippen LogP contribution in [0.1, 0.15) is 18.4 Å². The van der Waals surface area contributed by atoms with Crippen molar-refractivity contribution in [3.05, 3.63) is 53.6 Å². The molecule has 0 N–H and O–H groups in total. The van der Waals surface area contributed by atoms with Crippen molar-refractivity contribution in [1.82, 2.24) is 0 Å². The molecule has 1 aromatic rings. The van der Waals surface area contributed by atoms with Gasteiger partial charge in [-0.2, -0.15) is 0 Å². The summed E-state index contributed by atoms with van der Waals surface area (Å²) in [6.07, 6.45) is 6.36. The van der Waals surface area contributed by atoms with Crippen LogP contribution in [-0.2, 0) is 19.1 Å². The maximum Gasteiger partial charge on any atom is 0.323 e. The van der Waals surface area contributed by atoms with Gasteiger partial charge >= 0.3 is 11.9 Å². The first-order chi connectivity index (χ1) is 10.1. The molecular weight excluding hydrogens is 268 g/mol. The summed E-state index contributed by atoms with van der Waals surface area (Å²) >= 11 is 0. The van der Waals surface area contributed by atoms with E-state index in [2.05, 4.69) is 0 Å². The van der Waals surface area contributed by atoms with Crippen molar-refractivity contribution in [1.29, 1.82) is 0 Å². The minimum atomic E-state index is -1.24. The number of hydrogen-bond donors (Lipinski definition) is 0. The molecule has 110 valence electrons. The number of methoxy groups -OCH3 is 2. The zero-order chi connectivity index (χ0) is 15.3. The standard InChI is InChI=1S/C17H18O4/c1-20-15(18)17(16(19)21-2)11-10-14(12-17)9-8-13-6-4-3-5-7-13/h3-10H,11-12H2,1-2H3/b9-8+. The van der Waals surface area contributed by atoms with Gasteiger partial charge in [-0.15, -0.1) is 0 Å². The van der Waals surface area contributed by atoms with Gasteiger partial charge < -0.3 is 9.47 Å². The van der Waals surface area contributed by atoms with Gasteiger partial charge in [-0.1, -0.05) is 54.1 Å². The average molecular weight is 286 g/mol. The van der Waals surface area contributed by atoms with E-state index in [-0.39, 0.29) is 0 Å². The average Bonchev–Trinajstić information content (AvgIpc) is 2.98. The maximum absolute atomic E-state index is 12.0. The smallest absolute Gasteiger partial charge is 0.323 e. The Labute approximate surface area is 124 Å². The minimum absolute atomic E-state index is 0.301. The van der Waals surface area contributed by atoms with Gasteiger partial charge in [0.15, 0.2) is 5.41 Å². The molecular formula is C17H18O4. The molecule has 21 heavy (non-hydrogen) atoms. The van der Waals surface area contributed by atoms with Crippen LogP contribution in [0.2, 0.25) is 0 Å². The molecule has 2 rings (SSSR count). The Hall–Kier alpha value is -2.36. The maximum atomic E-state index is 12.0. The molecule has 0 bridgehead atoms. The highest BCUT2D eigenvalue weighted by molar-refractivity contribution is 6.01. The van der Waals surface area contributed by atoms with E-state index in [0.29, 0.717) is 12.8 Å². The van der Waals surface area contributed by atoms with Crippen LogP contribution >= 0.6 is 0 Å². The summed E-state index contributed by atoms with van der Waals surface area (Å²) < 4.78 is 9.55. The van der Waals surface area contributed by atoms with Crippen LogP contribution in [0.4, 0.5) is 0 Å². The Bertz CT molecular complexity index is 568. The topological polar surface area (TPSA) is 52.6 Å². The second kappa shape index (κ2) is 6.39. The van der Waals surface area contributed by atoms with Crippen molar-refractivity contribution in [3.8, 4) is 0 Å². The molecule has 0 spiro atoms. The van der Waals surface area contributed by atoms with Crippen molar-refractivity contribution >= 4 is 18.0 Å². The van der Waals surface area contributed by atoms with Gasteiger partial charge in [-0.3, -0.25) is 9.59 Å². The second-order valence-corrected chi connectivity index (χ2v) is 4.97. The van der Waals surface area contributed by atoms with E-state index in [1.165, 1.54) is 14.2 Å². The molecule has 4 heteroatoms. The summed E-state index contributed by atoms with van der Waals surface area (Å²) in [5, 5.41) is 0. The molecule has 1 aromatic carbocycles. The Morgan fingerprint density at radius 1 is 1.05 bits per heavy atom. The van der Waals surface area contributed by atoms with Crippen LogP contribution in [0, 0.1) is 5.41 Å². The van der Waals surface area contributed by atoms with Gasteiger partial charge in [0.2, 0.25) is 0 Å². The van der Waals surface area contributed by atoms with E-state index < -0.39 is 17.4 Å². The SMILES string of the molecule is COC(=O)C1(C(=O)OC)CC=C(/C=C/c2ccccc2)C1. The van der Waals surface area contributed by atoms with Gasteiger partial charge in [0, 0.05) is 0 Å². The second-order valence-electron chi connectivity index (χ2n) is 4.97. The number of ether oxygens (including phenoxy) is 2. The summed E-state index contributed by atoms with van der Waals surface area (Å²) in [7, 11) is 2.57. The van der Waals surface area contributed by atoms with E-state index in [9.17, 15) is 9.59 Å². The third-order valence-corrected chi connectivity index (χ3v) is 3.66. The lowest BCUT2D eigenvalue weighted by Gasteiger charge is -2.22. The Morgan fingerprint density at radius 2 is 1.67 bits per heavy atom. The lowest BCUT2D eigenvalue weighted by Crippen LogP contribution is -2.39.